The quantitative estimate of drug-likeness (QED) is 0.585. The van der Waals surface area contributed by atoms with Crippen LogP contribution < -0.4 is 0 Å². The van der Waals surface area contributed by atoms with Crippen LogP contribution in [0.1, 0.15) is 41.5 Å². The summed E-state index contributed by atoms with van der Waals surface area (Å²) in [4.78, 5) is 0. The van der Waals surface area contributed by atoms with E-state index in [1.54, 1.807) is 0 Å². The van der Waals surface area contributed by atoms with Crippen molar-refractivity contribution < 1.29 is 17.5 Å². The van der Waals surface area contributed by atoms with Crippen LogP contribution in [0.3, 0.4) is 0 Å². The topological polar surface area (TPSA) is 57.2 Å². The van der Waals surface area contributed by atoms with Gasteiger partial charge in [0.2, 0.25) is 0 Å². The van der Waals surface area contributed by atoms with E-state index in [1.807, 2.05) is 34.9 Å². The second-order valence-electron chi connectivity index (χ2n) is 8.18. The van der Waals surface area contributed by atoms with Crippen LogP contribution in [0.25, 0.3) is 0 Å². The molecule has 1 unspecified atom stereocenters. The monoisotopic (exact) mass is 279 g/mol. The lowest BCUT2D eigenvalue weighted by molar-refractivity contribution is -0.896. The van der Waals surface area contributed by atoms with Gasteiger partial charge in [0, 0.05) is 5.41 Å². The number of hydrogen-bond donors (Lipinski definition) is 0. The summed E-state index contributed by atoms with van der Waals surface area (Å²) in [5.74, 6) is 0. The first-order chi connectivity index (χ1) is 7.55. The highest BCUT2D eigenvalue weighted by Gasteiger charge is 2.37. The van der Waals surface area contributed by atoms with Gasteiger partial charge < -0.3 is 9.04 Å². The zero-order chi connectivity index (χ0) is 15.0. The van der Waals surface area contributed by atoms with Crippen molar-refractivity contribution in [2.24, 2.45) is 10.8 Å². The first kappa shape index (κ1) is 17.9. The van der Waals surface area contributed by atoms with Crippen LogP contribution in [0.5, 0.6) is 0 Å². The Hall–Kier alpha value is -0.130. The van der Waals surface area contributed by atoms with Gasteiger partial charge in [-0.15, -0.1) is 0 Å². The lowest BCUT2D eigenvalue weighted by Gasteiger charge is -2.42. The van der Waals surface area contributed by atoms with Crippen molar-refractivity contribution in [3.63, 3.8) is 0 Å². The van der Waals surface area contributed by atoms with Gasteiger partial charge in [-0.25, -0.2) is 8.42 Å². The highest BCUT2D eigenvalue weighted by Crippen LogP contribution is 2.28. The molecule has 18 heavy (non-hydrogen) atoms. The van der Waals surface area contributed by atoms with Crippen molar-refractivity contribution in [3.8, 4) is 0 Å². The minimum Gasteiger partial charge on any atom is -0.748 e. The average molecular weight is 279 g/mol. The summed E-state index contributed by atoms with van der Waals surface area (Å²) < 4.78 is 34.9. The van der Waals surface area contributed by atoms with E-state index >= 15 is 0 Å². The van der Waals surface area contributed by atoms with Crippen LogP contribution in [-0.2, 0) is 10.1 Å². The molecule has 0 spiro atoms. The third-order valence-corrected chi connectivity index (χ3v) is 4.43. The Labute approximate surface area is 113 Å². The second kappa shape index (κ2) is 5.10. The second-order valence-corrected chi connectivity index (χ2v) is 9.74. The molecule has 0 radical (unpaired) electrons. The molecule has 0 aliphatic carbocycles. The zero-order valence-electron chi connectivity index (χ0n) is 13.1. The molecule has 0 aromatic heterocycles. The van der Waals surface area contributed by atoms with E-state index in [4.69, 9.17) is 0 Å². The van der Waals surface area contributed by atoms with Gasteiger partial charge in [0.05, 0.1) is 27.2 Å². The van der Waals surface area contributed by atoms with Crippen molar-refractivity contribution in [2.75, 3.05) is 27.2 Å². The summed E-state index contributed by atoms with van der Waals surface area (Å²) >= 11 is 0. The molecule has 0 saturated heterocycles. The minimum absolute atomic E-state index is 0.0958. The standard InChI is InChI=1S/C13H29NO3S/c1-12(2,3)10-14(7,8)9-11(13(4,5)6)18(15,16)17/h11H,9-10H2,1-8H3. The van der Waals surface area contributed by atoms with Gasteiger partial charge in [0.25, 0.3) is 0 Å². The molecule has 110 valence electrons. The number of quaternary nitrogens is 1. The molecule has 0 fully saturated rings. The fourth-order valence-electron chi connectivity index (χ4n) is 2.60. The molecule has 0 rings (SSSR count). The van der Waals surface area contributed by atoms with Crippen molar-refractivity contribution >= 4 is 10.1 Å². The van der Waals surface area contributed by atoms with E-state index in [0.29, 0.717) is 11.0 Å². The van der Waals surface area contributed by atoms with Crippen LogP contribution in [0.15, 0.2) is 0 Å². The van der Waals surface area contributed by atoms with E-state index in [-0.39, 0.29) is 5.41 Å². The predicted octanol–water partition coefficient (Wildman–Crippen LogP) is 2.07. The van der Waals surface area contributed by atoms with E-state index in [0.717, 1.165) is 6.54 Å². The predicted molar refractivity (Wildman–Crippen MR) is 74.2 cm³/mol. The van der Waals surface area contributed by atoms with Crippen LogP contribution in [0.2, 0.25) is 0 Å². The average Bonchev–Trinajstić information content (AvgIpc) is 1.90. The highest BCUT2D eigenvalue weighted by atomic mass is 32.2. The van der Waals surface area contributed by atoms with Crippen molar-refractivity contribution in [3.05, 3.63) is 0 Å². The maximum Gasteiger partial charge on any atom is 0.104 e. The van der Waals surface area contributed by atoms with Crippen molar-refractivity contribution in [1.82, 2.24) is 0 Å². The van der Waals surface area contributed by atoms with Gasteiger partial charge in [-0.1, -0.05) is 41.5 Å². The fraction of sp³-hybridized carbons (Fsp3) is 1.00. The maximum absolute atomic E-state index is 11.5. The minimum atomic E-state index is -4.28. The van der Waals surface area contributed by atoms with E-state index in [1.165, 1.54) is 0 Å². The van der Waals surface area contributed by atoms with Crippen molar-refractivity contribution in [1.29, 1.82) is 0 Å². The summed E-state index contributed by atoms with van der Waals surface area (Å²) in [5, 5.41) is -0.859. The SMILES string of the molecule is CC(C)(C)C[N+](C)(C)CC(C(C)(C)C)S(=O)(=O)[O-]. The Morgan fingerprint density at radius 1 is 1.06 bits per heavy atom. The molecule has 5 heteroatoms. The van der Waals surface area contributed by atoms with Gasteiger partial charge >= 0.3 is 0 Å². The maximum atomic E-state index is 11.5. The smallest absolute Gasteiger partial charge is 0.104 e. The van der Waals surface area contributed by atoms with Crippen molar-refractivity contribution in [2.45, 2.75) is 46.8 Å². The Balaban J connectivity index is 5.14. The van der Waals surface area contributed by atoms with Gasteiger partial charge in [-0.05, 0) is 5.41 Å². The molecule has 0 bridgehead atoms. The third kappa shape index (κ3) is 6.71. The molecule has 0 aliphatic rings. The zero-order valence-corrected chi connectivity index (χ0v) is 13.9. The Morgan fingerprint density at radius 2 is 1.44 bits per heavy atom. The molecule has 4 nitrogen and oxygen atoms in total. The molecule has 0 aliphatic heterocycles. The molecular formula is C13H29NO3S. The van der Waals surface area contributed by atoms with E-state index in [9.17, 15) is 13.0 Å². The van der Waals surface area contributed by atoms with Crippen LogP contribution >= 0.6 is 0 Å². The van der Waals surface area contributed by atoms with E-state index < -0.39 is 20.8 Å². The third-order valence-electron chi connectivity index (χ3n) is 2.88. The molecule has 0 aromatic carbocycles. The molecule has 0 aromatic rings. The van der Waals surface area contributed by atoms with Gasteiger partial charge in [0.1, 0.15) is 15.4 Å². The molecule has 0 N–H and O–H groups in total. The largest absolute Gasteiger partial charge is 0.748 e. The first-order valence-corrected chi connectivity index (χ1v) is 7.78. The Bertz CT molecular complexity index is 372. The molecule has 0 amide bonds. The first-order valence-electron chi connectivity index (χ1n) is 6.31. The van der Waals surface area contributed by atoms with E-state index in [2.05, 4.69) is 20.8 Å². The molecular weight excluding hydrogens is 250 g/mol. The molecule has 1 atom stereocenters. The molecule has 0 heterocycles. The summed E-state index contributed by atoms with van der Waals surface area (Å²) in [6.07, 6.45) is 0. The van der Waals surface area contributed by atoms with Gasteiger partial charge in [-0.2, -0.15) is 0 Å². The fourth-order valence-corrected chi connectivity index (χ4v) is 4.05. The summed E-state index contributed by atoms with van der Waals surface area (Å²) in [6.45, 7) is 13.0. The molecule has 0 saturated carbocycles. The lowest BCUT2D eigenvalue weighted by Crippen LogP contribution is -2.54. The van der Waals surface area contributed by atoms with Crippen LogP contribution in [-0.4, -0.2) is 49.9 Å². The summed E-state index contributed by atoms with van der Waals surface area (Å²) in [6, 6.07) is 0. The summed E-state index contributed by atoms with van der Waals surface area (Å²) in [5.41, 5.74) is -0.438. The number of hydrogen-bond acceptors (Lipinski definition) is 3. The highest BCUT2D eigenvalue weighted by molar-refractivity contribution is 7.86. The lowest BCUT2D eigenvalue weighted by atomic mass is 9.89. The Kier molecular flexibility index (Phi) is 5.06. The van der Waals surface area contributed by atoms with Crippen LogP contribution in [0, 0.1) is 10.8 Å². The van der Waals surface area contributed by atoms with Gasteiger partial charge in [0.15, 0.2) is 0 Å². The number of nitrogens with zero attached hydrogens (tertiary/aromatic N) is 1. The summed E-state index contributed by atoms with van der Waals surface area (Å²) in [7, 11) is -0.314. The Morgan fingerprint density at radius 3 is 1.67 bits per heavy atom. The van der Waals surface area contributed by atoms with Gasteiger partial charge in [-0.3, -0.25) is 0 Å². The normalized spacial score (nSPS) is 16.7. The van der Waals surface area contributed by atoms with Crippen LogP contribution in [0.4, 0.5) is 0 Å². The number of rotatable bonds is 4.